The fraction of sp³-hybridized carbons (Fsp3) is 0.368. The highest BCUT2D eigenvalue weighted by atomic mass is 35.5. The van der Waals surface area contributed by atoms with Crippen LogP contribution in [-0.2, 0) is 6.54 Å². The van der Waals surface area contributed by atoms with E-state index in [1.54, 1.807) is 12.1 Å². The standard InChI is InChI=1S/C19H22ClN3O3/c1-2-26-19-6-4-3-5-18(19)22-11-9-21(10-12-22)14-15-13-16(20)7-8-17(15)23(24)25/h3-8,13H,2,9-12,14H2,1H3. The summed E-state index contributed by atoms with van der Waals surface area (Å²) < 4.78 is 5.72. The number of ether oxygens (including phenoxy) is 1. The SMILES string of the molecule is CCOc1ccccc1N1CCN(Cc2cc(Cl)ccc2[N+](=O)[O-])CC1. The average molecular weight is 376 g/mol. The van der Waals surface area contributed by atoms with Gasteiger partial charge >= 0.3 is 0 Å². The zero-order valence-corrected chi connectivity index (χ0v) is 15.5. The lowest BCUT2D eigenvalue weighted by molar-refractivity contribution is -0.385. The van der Waals surface area contributed by atoms with Gasteiger partial charge in [-0.25, -0.2) is 0 Å². The van der Waals surface area contributed by atoms with Crippen LogP contribution in [0.4, 0.5) is 11.4 Å². The van der Waals surface area contributed by atoms with Gasteiger partial charge in [-0.3, -0.25) is 15.0 Å². The molecule has 138 valence electrons. The third-order valence-corrected chi connectivity index (χ3v) is 4.75. The monoisotopic (exact) mass is 375 g/mol. The minimum Gasteiger partial charge on any atom is -0.492 e. The zero-order valence-electron chi connectivity index (χ0n) is 14.7. The predicted octanol–water partition coefficient (Wildman–Crippen LogP) is 3.97. The van der Waals surface area contributed by atoms with Crippen molar-refractivity contribution < 1.29 is 9.66 Å². The van der Waals surface area contributed by atoms with E-state index in [2.05, 4.69) is 15.9 Å². The second-order valence-electron chi connectivity index (χ2n) is 6.19. The van der Waals surface area contributed by atoms with Crippen LogP contribution in [0.15, 0.2) is 42.5 Å². The molecule has 1 aliphatic rings. The fourth-order valence-electron chi connectivity index (χ4n) is 3.24. The number of halogens is 1. The van der Waals surface area contributed by atoms with Gasteiger partial charge in [0.05, 0.1) is 17.2 Å². The highest BCUT2D eigenvalue weighted by Crippen LogP contribution is 2.30. The van der Waals surface area contributed by atoms with Crippen molar-refractivity contribution in [3.8, 4) is 5.75 Å². The molecule has 1 fully saturated rings. The molecule has 6 nitrogen and oxygen atoms in total. The van der Waals surface area contributed by atoms with Gasteiger partial charge in [0.2, 0.25) is 0 Å². The van der Waals surface area contributed by atoms with Crippen LogP contribution in [0.5, 0.6) is 5.75 Å². The molecule has 0 atom stereocenters. The number of piperazine rings is 1. The number of nitro groups is 1. The molecular formula is C19H22ClN3O3. The minimum absolute atomic E-state index is 0.124. The first-order chi connectivity index (χ1) is 12.6. The number of hydrogen-bond acceptors (Lipinski definition) is 5. The van der Waals surface area contributed by atoms with E-state index < -0.39 is 0 Å². The van der Waals surface area contributed by atoms with Crippen molar-refractivity contribution in [2.45, 2.75) is 13.5 Å². The summed E-state index contributed by atoms with van der Waals surface area (Å²) in [5, 5.41) is 11.8. The van der Waals surface area contributed by atoms with E-state index >= 15 is 0 Å². The fourth-order valence-corrected chi connectivity index (χ4v) is 3.44. The summed E-state index contributed by atoms with van der Waals surface area (Å²) in [6.45, 7) is 6.48. The first-order valence-corrected chi connectivity index (χ1v) is 9.08. The summed E-state index contributed by atoms with van der Waals surface area (Å²) in [5.41, 5.74) is 1.88. The Labute approximate surface area is 158 Å². The van der Waals surface area contributed by atoms with Gasteiger partial charge in [-0.2, -0.15) is 0 Å². The van der Waals surface area contributed by atoms with Crippen molar-refractivity contribution in [2.24, 2.45) is 0 Å². The summed E-state index contributed by atoms with van der Waals surface area (Å²) in [5.74, 6) is 0.897. The van der Waals surface area contributed by atoms with Gasteiger partial charge in [0.1, 0.15) is 5.75 Å². The molecule has 1 heterocycles. The molecule has 7 heteroatoms. The minimum atomic E-state index is -0.347. The Morgan fingerprint density at radius 1 is 1.15 bits per heavy atom. The Morgan fingerprint density at radius 3 is 2.58 bits per heavy atom. The van der Waals surface area contributed by atoms with Crippen molar-refractivity contribution in [2.75, 3.05) is 37.7 Å². The summed E-state index contributed by atoms with van der Waals surface area (Å²) in [6, 6.07) is 12.8. The average Bonchev–Trinajstić information content (AvgIpc) is 2.63. The largest absolute Gasteiger partial charge is 0.492 e. The van der Waals surface area contributed by atoms with Gasteiger partial charge < -0.3 is 9.64 Å². The lowest BCUT2D eigenvalue weighted by atomic mass is 10.1. The predicted molar refractivity (Wildman–Crippen MR) is 103 cm³/mol. The number of nitrogens with zero attached hydrogens (tertiary/aromatic N) is 3. The zero-order chi connectivity index (χ0) is 18.5. The first kappa shape index (κ1) is 18.5. The molecule has 3 rings (SSSR count). The number of hydrogen-bond donors (Lipinski definition) is 0. The first-order valence-electron chi connectivity index (χ1n) is 8.70. The third kappa shape index (κ3) is 4.26. The molecule has 1 aliphatic heterocycles. The van der Waals surface area contributed by atoms with Crippen LogP contribution in [0.25, 0.3) is 0 Å². The van der Waals surface area contributed by atoms with Crippen LogP contribution in [0.1, 0.15) is 12.5 Å². The van der Waals surface area contributed by atoms with Crippen LogP contribution in [0.3, 0.4) is 0 Å². The van der Waals surface area contributed by atoms with Gasteiger partial charge in [0.25, 0.3) is 5.69 Å². The number of rotatable bonds is 6. The van der Waals surface area contributed by atoms with E-state index in [1.165, 1.54) is 6.07 Å². The van der Waals surface area contributed by atoms with Crippen LogP contribution >= 0.6 is 11.6 Å². The van der Waals surface area contributed by atoms with Crippen molar-refractivity contribution >= 4 is 23.0 Å². The van der Waals surface area contributed by atoms with Crippen LogP contribution in [0, 0.1) is 10.1 Å². The number of para-hydroxylation sites is 2. The summed E-state index contributed by atoms with van der Waals surface area (Å²) in [7, 11) is 0. The van der Waals surface area contributed by atoms with E-state index in [1.807, 2.05) is 25.1 Å². The Morgan fingerprint density at radius 2 is 1.88 bits per heavy atom. The Bertz CT molecular complexity index is 776. The summed E-state index contributed by atoms with van der Waals surface area (Å²) in [6.07, 6.45) is 0. The van der Waals surface area contributed by atoms with Crippen LogP contribution in [-0.4, -0.2) is 42.6 Å². The quantitative estimate of drug-likeness (QED) is 0.564. The topological polar surface area (TPSA) is 58.8 Å². The van der Waals surface area contributed by atoms with Gasteiger partial charge in [-0.05, 0) is 31.2 Å². The van der Waals surface area contributed by atoms with Crippen LogP contribution in [0.2, 0.25) is 5.02 Å². The molecule has 0 bridgehead atoms. The maximum atomic E-state index is 11.2. The van der Waals surface area contributed by atoms with Crippen LogP contribution < -0.4 is 9.64 Å². The number of nitro benzene ring substituents is 1. The normalized spacial score (nSPS) is 15.1. The lowest BCUT2D eigenvalue weighted by Crippen LogP contribution is -2.46. The molecule has 0 spiro atoms. The number of anilines is 1. The lowest BCUT2D eigenvalue weighted by Gasteiger charge is -2.36. The molecule has 0 aliphatic carbocycles. The highest BCUT2D eigenvalue weighted by Gasteiger charge is 2.22. The molecule has 2 aromatic rings. The third-order valence-electron chi connectivity index (χ3n) is 4.51. The molecule has 26 heavy (non-hydrogen) atoms. The molecule has 2 aromatic carbocycles. The van der Waals surface area contributed by atoms with Crippen molar-refractivity contribution in [1.82, 2.24) is 4.90 Å². The highest BCUT2D eigenvalue weighted by molar-refractivity contribution is 6.30. The van der Waals surface area contributed by atoms with Gasteiger partial charge in [-0.1, -0.05) is 23.7 Å². The van der Waals surface area contributed by atoms with E-state index in [4.69, 9.17) is 16.3 Å². The van der Waals surface area contributed by atoms with Crippen molar-refractivity contribution in [3.63, 3.8) is 0 Å². The smallest absolute Gasteiger partial charge is 0.273 e. The molecule has 1 saturated heterocycles. The molecule has 0 amide bonds. The molecule has 0 unspecified atom stereocenters. The molecular weight excluding hydrogens is 354 g/mol. The summed E-state index contributed by atoms with van der Waals surface area (Å²) >= 11 is 6.03. The van der Waals surface area contributed by atoms with Gasteiger partial charge in [-0.15, -0.1) is 0 Å². The van der Waals surface area contributed by atoms with Crippen molar-refractivity contribution in [1.29, 1.82) is 0 Å². The summed E-state index contributed by atoms with van der Waals surface area (Å²) in [4.78, 5) is 15.4. The molecule has 0 radical (unpaired) electrons. The Balaban J connectivity index is 1.67. The van der Waals surface area contributed by atoms with E-state index in [0.29, 0.717) is 23.7 Å². The van der Waals surface area contributed by atoms with E-state index in [9.17, 15) is 10.1 Å². The molecule has 0 N–H and O–H groups in total. The number of benzene rings is 2. The Kier molecular flexibility index (Phi) is 5.96. The second kappa shape index (κ2) is 8.38. The van der Waals surface area contributed by atoms with Crippen molar-refractivity contribution in [3.05, 3.63) is 63.2 Å². The Hall–Kier alpha value is -2.31. The molecule has 0 saturated carbocycles. The van der Waals surface area contributed by atoms with Gasteiger partial charge in [0, 0.05) is 49.4 Å². The maximum absolute atomic E-state index is 11.2. The maximum Gasteiger partial charge on any atom is 0.273 e. The van der Waals surface area contributed by atoms with Gasteiger partial charge in [0.15, 0.2) is 0 Å². The second-order valence-corrected chi connectivity index (χ2v) is 6.63. The molecule has 0 aromatic heterocycles. The van der Waals surface area contributed by atoms with E-state index in [-0.39, 0.29) is 10.6 Å². The van der Waals surface area contributed by atoms with E-state index in [0.717, 1.165) is 37.6 Å².